The van der Waals surface area contributed by atoms with E-state index < -0.39 is 0 Å². The Labute approximate surface area is 162 Å². The van der Waals surface area contributed by atoms with Gasteiger partial charge in [-0.2, -0.15) is 0 Å². The fourth-order valence-electron chi connectivity index (χ4n) is 3.41. The van der Waals surface area contributed by atoms with Crippen molar-refractivity contribution >= 4 is 16.7 Å². The Morgan fingerprint density at radius 1 is 0.929 bits per heavy atom. The monoisotopic (exact) mass is 372 g/mol. The summed E-state index contributed by atoms with van der Waals surface area (Å²) in [5.41, 5.74) is 4.04. The van der Waals surface area contributed by atoms with Crippen molar-refractivity contribution in [3.63, 3.8) is 0 Å². The molecule has 4 aromatic rings. The van der Waals surface area contributed by atoms with Crippen molar-refractivity contribution in [1.82, 2.24) is 14.5 Å². The van der Waals surface area contributed by atoms with Gasteiger partial charge in [0.05, 0.1) is 12.1 Å². The lowest BCUT2D eigenvalue weighted by Gasteiger charge is -2.11. The van der Waals surface area contributed by atoms with E-state index in [9.17, 15) is 10.2 Å². The number of rotatable bonds is 5. The molecule has 3 N–H and O–H groups in total. The Bertz CT molecular complexity index is 1140. The molecule has 0 spiro atoms. The van der Waals surface area contributed by atoms with Crippen LogP contribution in [0.3, 0.4) is 0 Å². The molecule has 0 amide bonds. The quantitative estimate of drug-likeness (QED) is 0.491. The van der Waals surface area contributed by atoms with Crippen LogP contribution in [0, 0.1) is 0 Å². The standard InChI is InChI=1S/C22H20N4O2/c27-20-8-9-21(28)26(20)12-14-2-1-3-15(10-14)16-4-7-19-18(11-16)22(24-13-23-19)25-17-5-6-17/h1-4,7-11,13,17,27-28H,5-6,12H2,(H,23,24,25). The maximum atomic E-state index is 9.89. The Balaban J connectivity index is 1.51. The molecule has 6 nitrogen and oxygen atoms in total. The third kappa shape index (κ3) is 3.13. The molecule has 1 aliphatic rings. The second-order valence-electron chi connectivity index (χ2n) is 7.21. The fraction of sp³-hybridized carbons (Fsp3) is 0.182. The van der Waals surface area contributed by atoms with Gasteiger partial charge in [0.2, 0.25) is 0 Å². The number of anilines is 1. The summed E-state index contributed by atoms with van der Waals surface area (Å²) in [5, 5.41) is 24.3. The van der Waals surface area contributed by atoms with E-state index >= 15 is 0 Å². The van der Waals surface area contributed by atoms with E-state index in [-0.39, 0.29) is 11.8 Å². The minimum Gasteiger partial charge on any atom is -0.494 e. The van der Waals surface area contributed by atoms with E-state index in [1.807, 2.05) is 18.2 Å². The van der Waals surface area contributed by atoms with Gasteiger partial charge in [-0.15, -0.1) is 0 Å². The van der Waals surface area contributed by atoms with E-state index in [0.29, 0.717) is 12.6 Å². The van der Waals surface area contributed by atoms with Crippen molar-refractivity contribution in [1.29, 1.82) is 0 Å². The highest BCUT2D eigenvalue weighted by Gasteiger charge is 2.22. The Kier molecular flexibility index (Phi) is 3.90. The van der Waals surface area contributed by atoms with Crippen molar-refractivity contribution in [2.45, 2.75) is 25.4 Å². The number of aromatic nitrogens is 3. The van der Waals surface area contributed by atoms with Crippen molar-refractivity contribution in [2.75, 3.05) is 5.32 Å². The van der Waals surface area contributed by atoms with Gasteiger partial charge in [-0.05, 0) is 47.7 Å². The van der Waals surface area contributed by atoms with Crippen molar-refractivity contribution in [2.24, 2.45) is 0 Å². The molecular formula is C22H20N4O2. The third-order valence-corrected chi connectivity index (χ3v) is 5.09. The summed E-state index contributed by atoms with van der Waals surface area (Å²) < 4.78 is 1.46. The predicted molar refractivity (Wildman–Crippen MR) is 108 cm³/mol. The summed E-state index contributed by atoms with van der Waals surface area (Å²) in [5.74, 6) is 0.968. The third-order valence-electron chi connectivity index (χ3n) is 5.09. The van der Waals surface area contributed by atoms with Crippen LogP contribution in [0.15, 0.2) is 60.9 Å². The van der Waals surface area contributed by atoms with Crippen molar-refractivity contribution in [3.8, 4) is 22.9 Å². The number of nitrogens with zero attached hydrogens (tertiary/aromatic N) is 3. The molecule has 1 saturated carbocycles. The van der Waals surface area contributed by atoms with Crippen LogP contribution in [0.2, 0.25) is 0 Å². The largest absolute Gasteiger partial charge is 0.494 e. The van der Waals surface area contributed by atoms with Gasteiger partial charge >= 0.3 is 0 Å². The second kappa shape index (κ2) is 6.56. The van der Waals surface area contributed by atoms with E-state index in [1.54, 1.807) is 6.33 Å². The zero-order valence-corrected chi connectivity index (χ0v) is 15.2. The highest BCUT2D eigenvalue weighted by molar-refractivity contribution is 5.92. The maximum absolute atomic E-state index is 9.89. The van der Waals surface area contributed by atoms with Crippen LogP contribution < -0.4 is 5.32 Å². The normalized spacial score (nSPS) is 13.7. The fourth-order valence-corrected chi connectivity index (χ4v) is 3.41. The molecule has 2 heterocycles. The molecule has 140 valence electrons. The highest BCUT2D eigenvalue weighted by atomic mass is 16.3. The van der Waals surface area contributed by atoms with Gasteiger partial charge in [-0.3, -0.25) is 4.57 Å². The van der Waals surface area contributed by atoms with Crippen molar-refractivity contribution in [3.05, 3.63) is 66.5 Å². The van der Waals surface area contributed by atoms with Gasteiger partial charge in [0, 0.05) is 23.6 Å². The van der Waals surface area contributed by atoms with E-state index in [2.05, 4.69) is 39.6 Å². The van der Waals surface area contributed by atoms with Gasteiger partial charge in [0.1, 0.15) is 12.1 Å². The molecule has 2 aromatic heterocycles. The molecule has 0 saturated heterocycles. The lowest BCUT2D eigenvalue weighted by Crippen LogP contribution is -2.04. The zero-order chi connectivity index (χ0) is 19.1. The molecular weight excluding hydrogens is 352 g/mol. The summed E-state index contributed by atoms with van der Waals surface area (Å²) >= 11 is 0. The lowest BCUT2D eigenvalue weighted by atomic mass is 10.0. The lowest BCUT2D eigenvalue weighted by molar-refractivity contribution is 0.377. The summed E-state index contributed by atoms with van der Waals surface area (Å²) in [6, 6.07) is 17.8. The number of aromatic hydroxyl groups is 2. The molecule has 1 aliphatic carbocycles. The Morgan fingerprint density at radius 3 is 2.50 bits per heavy atom. The molecule has 6 heteroatoms. The molecule has 0 radical (unpaired) electrons. The molecule has 0 aliphatic heterocycles. The minimum atomic E-state index is 0.0431. The highest BCUT2D eigenvalue weighted by Crippen LogP contribution is 2.31. The smallest absolute Gasteiger partial charge is 0.194 e. The van der Waals surface area contributed by atoms with Crippen LogP contribution in [-0.2, 0) is 6.54 Å². The number of fused-ring (bicyclic) bond motifs is 1. The average Bonchev–Trinajstić information content (AvgIpc) is 3.49. The molecule has 0 bridgehead atoms. The SMILES string of the molecule is Oc1ccc(O)n1Cc1cccc(-c2ccc3ncnc(NC4CC4)c3c2)c1. The first-order valence-electron chi connectivity index (χ1n) is 9.35. The minimum absolute atomic E-state index is 0.0431. The van der Waals surface area contributed by atoms with Crippen molar-refractivity contribution < 1.29 is 10.2 Å². The van der Waals surface area contributed by atoms with Crippen LogP contribution >= 0.6 is 0 Å². The van der Waals surface area contributed by atoms with Crippen LogP contribution in [0.5, 0.6) is 11.8 Å². The molecule has 0 unspecified atom stereocenters. The maximum Gasteiger partial charge on any atom is 0.194 e. The summed E-state index contributed by atoms with van der Waals surface area (Å²) in [4.78, 5) is 8.81. The van der Waals surface area contributed by atoms with Crippen LogP contribution in [-0.4, -0.2) is 30.8 Å². The number of nitrogens with one attached hydrogen (secondary N) is 1. The molecule has 5 rings (SSSR count). The van der Waals surface area contributed by atoms with Crippen LogP contribution in [0.25, 0.3) is 22.0 Å². The molecule has 0 atom stereocenters. The summed E-state index contributed by atoms with van der Waals surface area (Å²) in [6.45, 7) is 0.393. The van der Waals surface area contributed by atoms with Gasteiger partial charge in [-0.1, -0.05) is 24.3 Å². The molecule has 2 aromatic carbocycles. The topological polar surface area (TPSA) is 83.2 Å². The van der Waals surface area contributed by atoms with E-state index in [1.165, 1.54) is 29.5 Å². The van der Waals surface area contributed by atoms with Crippen LogP contribution in [0.4, 0.5) is 5.82 Å². The van der Waals surface area contributed by atoms with Gasteiger partial charge < -0.3 is 15.5 Å². The average molecular weight is 372 g/mol. The Morgan fingerprint density at radius 2 is 1.71 bits per heavy atom. The second-order valence-corrected chi connectivity index (χ2v) is 7.21. The van der Waals surface area contributed by atoms with Crippen LogP contribution in [0.1, 0.15) is 18.4 Å². The molecule has 28 heavy (non-hydrogen) atoms. The number of benzene rings is 2. The first kappa shape index (κ1) is 16.6. The van der Waals surface area contributed by atoms with Gasteiger partial charge in [0.25, 0.3) is 0 Å². The van der Waals surface area contributed by atoms with E-state index in [0.717, 1.165) is 33.4 Å². The Hall–Kier alpha value is -3.54. The summed E-state index contributed by atoms with van der Waals surface area (Å²) in [6.07, 6.45) is 3.97. The molecule has 1 fully saturated rings. The van der Waals surface area contributed by atoms with Gasteiger partial charge in [-0.25, -0.2) is 9.97 Å². The van der Waals surface area contributed by atoms with E-state index in [4.69, 9.17) is 0 Å². The zero-order valence-electron chi connectivity index (χ0n) is 15.2. The predicted octanol–water partition coefficient (Wildman–Crippen LogP) is 4.13. The number of hydrogen-bond acceptors (Lipinski definition) is 5. The van der Waals surface area contributed by atoms with Gasteiger partial charge in [0.15, 0.2) is 11.8 Å². The first-order chi connectivity index (χ1) is 13.7. The summed E-state index contributed by atoms with van der Waals surface area (Å²) in [7, 11) is 0. The first-order valence-corrected chi connectivity index (χ1v) is 9.35. The number of hydrogen-bond donors (Lipinski definition) is 3.